The summed E-state index contributed by atoms with van der Waals surface area (Å²) in [6, 6.07) is 0. The molecule has 0 radical (unpaired) electrons. The Bertz CT molecular complexity index is 319. The molecular formula is C12H22N4O. The molecule has 1 aromatic heterocycles. The van der Waals surface area contributed by atoms with Gasteiger partial charge >= 0.3 is 0 Å². The van der Waals surface area contributed by atoms with Crippen molar-refractivity contribution >= 4 is 5.82 Å². The molecule has 0 amide bonds. The van der Waals surface area contributed by atoms with E-state index >= 15 is 0 Å². The minimum Gasteiger partial charge on any atom is -0.477 e. The van der Waals surface area contributed by atoms with Crippen molar-refractivity contribution in [1.82, 2.24) is 9.97 Å². The second-order valence-corrected chi connectivity index (χ2v) is 4.09. The number of hydrogen-bond acceptors (Lipinski definition) is 5. The minimum absolute atomic E-state index is 0.563. The molecule has 0 aliphatic carbocycles. The van der Waals surface area contributed by atoms with Crippen LogP contribution in [0.5, 0.6) is 5.88 Å². The molecule has 3 N–H and O–H groups in total. The fraction of sp³-hybridized carbons (Fsp3) is 0.667. The Kier molecular flexibility index (Phi) is 6.32. The lowest BCUT2D eigenvalue weighted by Gasteiger charge is -2.09. The summed E-state index contributed by atoms with van der Waals surface area (Å²) < 4.78 is 5.28. The molecule has 96 valence electrons. The van der Waals surface area contributed by atoms with E-state index in [-0.39, 0.29) is 0 Å². The summed E-state index contributed by atoms with van der Waals surface area (Å²) in [5.74, 6) is 1.90. The number of anilines is 1. The standard InChI is InChI=1S/C12H22N4O/c1-3-17-12-9-14-8-11(16-12)15-6-4-5-10(2)7-13/h8-10H,3-7,13H2,1-2H3,(H,15,16). The lowest BCUT2D eigenvalue weighted by Crippen LogP contribution is -2.12. The van der Waals surface area contributed by atoms with Crippen molar-refractivity contribution in [2.45, 2.75) is 26.7 Å². The summed E-state index contributed by atoms with van der Waals surface area (Å²) in [7, 11) is 0. The van der Waals surface area contributed by atoms with Crippen LogP contribution in [-0.2, 0) is 0 Å². The van der Waals surface area contributed by atoms with Gasteiger partial charge < -0.3 is 15.8 Å². The third-order valence-electron chi connectivity index (χ3n) is 2.49. The van der Waals surface area contributed by atoms with Crippen LogP contribution < -0.4 is 15.8 Å². The van der Waals surface area contributed by atoms with Crippen molar-refractivity contribution in [3.63, 3.8) is 0 Å². The minimum atomic E-state index is 0.563. The number of rotatable bonds is 8. The van der Waals surface area contributed by atoms with E-state index in [1.165, 1.54) is 0 Å². The third kappa shape index (κ3) is 5.49. The van der Waals surface area contributed by atoms with Crippen molar-refractivity contribution < 1.29 is 4.74 Å². The van der Waals surface area contributed by atoms with E-state index in [0.29, 0.717) is 18.4 Å². The van der Waals surface area contributed by atoms with Crippen LogP contribution >= 0.6 is 0 Å². The van der Waals surface area contributed by atoms with E-state index < -0.39 is 0 Å². The van der Waals surface area contributed by atoms with E-state index in [4.69, 9.17) is 10.5 Å². The highest BCUT2D eigenvalue weighted by molar-refractivity contribution is 5.32. The Morgan fingerprint density at radius 3 is 3.00 bits per heavy atom. The Morgan fingerprint density at radius 2 is 2.29 bits per heavy atom. The van der Waals surface area contributed by atoms with Gasteiger partial charge in [0.25, 0.3) is 0 Å². The second-order valence-electron chi connectivity index (χ2n) is 4.09. The van der Waals surface area contributed by atoms with Crippen LogP contribution in [-0.4, -0.2) is 29.7 Å². The first-order valence-corrected chi connectivity index (χ1v) is 6.15. The van der Waals surface area contributed by atoms with Crippen molar-refractivity contribution in [2.75, 3.05) is 25.0 Å². The molecular weight excluding hydrogens is 216 g/mol. The fourth-order valence-corrected chi connectivity index (χ4v) is 1.44. The van der Waals surface area contributed by atoms with E-state index in [1.54, 1.807) is 12.4 Å². The highest BCUT2D eigenvalue weighted by Crippen LogP contribution is 2.09. The summed E-state index contributed by atoms with van der Waals surface area (Å²) in [6.07, 6.45) is 5.53. The Balaban J connectivity index is 2.28. The number of ether oxygens (including phenoxy) is 1. The lowest BCUT2D eigenvalue weighted by atomic mass is 10.1. The molecule has 5 heteroatoms. The summed E-state index contributed by atoms with van der Waals surface area (Å²) in [5, 5.41) is 3.23. The molecule has 0 saturated carbocycles. The molecule has 0 aliphatic rings. The number of nitrogens with one attached hydrogen (secondary N) is 1. The Morgan fingerprint density at radius 1 is 1.47 bits per heavy atom. The second kappa shape index (κ2) is 7.84. The van der Waals surface area contributed by atoms with Gasteiger partial charge in [-0.05, 0) is 32.2 Å². The molecule has 1 unspecified atom stereocenters. The third-order valence-corrected chi connectivity index (χ3v) is 2.49. The number of hydrogen-bond donors (Lipinski definition) is 2. The highest BCUT2D eigenvalue weighted by Gasteiger charge is 2.00. The van der Waals surface area contributed by atoms with E-state index in [0.717, 1.165) is 31.7 Å². The molecule has 1 rings (SSSR count). The zero-order valence-corrected chi connectivity index (χ0v) is 10.6. The highest BCUT2D eigenvalue weighted by atomic mass is 16.5. The Labute approximate surface area is 103 Å². The summed E-state index contributed by atoms with van der Waals surface area (Å²) >= 11 is 0. The van der Waals surface area contributed by atoms with Gasteiger partial charge in [0, 0.05) is 6.54 Å². The molecule has 1 atom stereocenters. The lowest BCUT2D eigenvalue weighted by molar-refractivity contribution is 0.325. The van der Waals surface area contributed by atoms with E-state index in [2.05, 4.69) is 22.2 Å². The number of nitrogens with zero attached hydrogens (tertiary/aromatic N) is 2. The largest absolute Gasteiger partial charge is 0.477 e. The van der Waals surface area contributed by atoms with E-state index in [1.807, 2.05) is 6.92 Å². The molecule has 0 saturated heterocycles. The first-order chi connectivity index (χ1) is 8.26. The van der Waals surface area contributed by atoms with Gasteiger partial charge in [0.1, 0.15) is 5.82 Å². The van der Waals surface area contributed by atoms with Gasteiger partial charge in [-0.2, -0.15) is 4.98 Å². The number of aromatic nitrogens is 2. The van der Waals surface area contributed by atoms with Gasteiger partial charge in [0.2, 0.25) is 5.88 Å². The molecule has 5 nitrogen and oxygen atoms in total. The van der Waals surface area contributed by atoms with Gasteiger partial charge in [0.15, 0.2) is 0 Å². The SMILES string of the molecule is CCOc1cncc(NCCCC(C)CN)n1. The molecule has 17 heavy (non-hydrogen) atoms. The van der Waals surface area contributed by atoms with Crippen LogP contribution in [0.15, 0.2) is 12.4 Å². The van der Waals surface area contributed by atoms with E-state index in [9.17, 15) is 0 Å². The molecule has 1 aromatic rings. The molecule has 0 aliphatic heterocycles. The maximum Gasteiger partial charge on any atom is 0.234 e. The maximum absolute atomic E-state index is 5.56. The van der Waals surface area contributed by atoms with Crippen LogP contribution in [0, 0.1) is 5.92 Å². The normalized spacial score (nSPS) is 12.2. The number of nitrogens with two attached hydrogens (primary N) is 1. The van der Waals surface area contributed by atoms with Crippen LogP contribution in [0.25, 0.3) is 0 Å². The van der Waals surface area contributed by atoms with Gasteiger partial charge in [-0.25, -0.2) is 0 Å². The molecule has 0 spiro atoms. The average molecular weight is 238 g/mol. The summed E-state index contributed by atoms with van der Waals surface area (Å²) in [5.41, 5.74) is 5.56. The molecule has 0 bridgehead atoms. The maximum atomic E-state index is 5.56. The topological polar surface area (TPSA) is 73.1 Å². The van der Waals surface area contributed by atoms with Gasteiger partial charge in [-0.15, -0.1) is 0 Å². The predicted octanol–water partition coefficient (Wildman–Crippen LogP) is 1.66. The van der Waals surface area contributed by atoms with Crippen molar-refractivity contribution in [3.8, 4) is 5.88 Å². The predicted molar refractivity (Wildman–Crippen MR) is 69.1 cm³/mol. The Hall–Kier alpha value is -1.36. The first kappa shape index (κ1) is 13.7. The van der Waals surface area contributed by atoms with Crippen molar-refractivity contribution in [3.05, 3.63) is 12.4 Å². The molecule has 0 fully saturated rings. The van der Waals surface area contributed by atoms with Gasteiger partial charge in [-0.3, -0.25) is 4.98 Å². The summed E-state index contributed by atoms with van der Waals surface area (Å²) in [6.45, 7) is 6.33. The van der Waals surface area contributed by atoms with Crippen LogP contribution in [0.2, 0.25) is 0 Å². The van der Waals surface area contributed by atoms with Gasteiger partial charge in [-0.1, -0.05) is 6.92 Å². The van der Waals surface area contributed by atoms with Gasteiger partial charge in [0.05, 0.1) is 19.0 Å². The molecule has 1 heterocycles. The van der Waals surface area contributed by atoms with Crippen LogP contribution in [0.3, 0.4) is 0 Å². The fourth-order valence-electron chi connectivity index (χ4n) is 1.44. The van der Waals surface area contributed by atoms with Crippen LogP contribution in [0.1, 0.15) is 26.7 Å². The zero-order valence-electron chi connectivity index (χ0n) is 10.6. The zero-order chi connectivity index (χ0) is 12.5. The monoisotopic (exact) mass is 238 g/mol. The quantitative estimate of drug-likeness (QED) is 0.674. The van der Waals surface area contributed by atoms with Crippen LogP contribution in [0.4, 0.5) is 5.82 Å². The summed E-state index contributed by atoms with van der Waals surface area (Å²) in [4.78, 5) is 8.34. The smallest absolute Gasteiger partial charge is 0.234 e. The first-order valence-electron chi connectivity index (χ1n) is 6.15. The average Bonchev–Trinajstić information content (AvgIpc) is 2.35. The van der Waals surface area contributed by atoms with Crippen molar-refractivity contribution in [1.29, 1.82) is 0 Å². The van der Waals surface area contributed by atoms with Crippen molar-refractivity contribution in [2.24, 2.45) is 11.7 Å². The molecule has 0 aromatic carbocycles.